The molecule has 0 heterocycles. The number of rotatable bonds is 4. The van der Waals surface area contributed by atoms with E-state index in [1.54, 1.807) is 25.3 Å². The number of nitrogen functional groups attached to an aromatic ring is 1. The van der Waals surface area contributed by atoms with Crippen LogP contribution in [-0.4, -0.2) is 20.3 Å². The Morgan fingerprint density at radius 2 is 2.25 bits per heavy atom. The summed E-state index contributed by atoms with van der Waals surface area (Å²) in [7, 11) is 1.63. The molecule has 1 aromatic rings. The molecular formula is C9H12NO2. The second-order valence-electron chi connectivity index (χ2n) is 2.33. The van der Waals surface area contributed by atoms with Crippen LogP contribution in [0.3, 0.4) is 0 Å². The summed E-state index contributed by atoms with van der Waals surface area (Å²) >= 11 is 0. The number of ether oxygens (including phenoxy) is 2. The molecule has 0 amide bonds. The largest absolute Gasteiger partial charge is 0.491 e. The van der Waals surface area contributed by atoms with Crippen molar-refractivity contribution < 1.29 is 9.47 Å². The minimum Gasteiger partial charge on any atom is -0.491 e. The number of hydrogen-bond acceptors (Lipinski definition) is 3. The van der Waals surface area contributed by atoms with E-state index in [2.05, 4.69) is 6.07 Å². The Bertz CT molecular complexity index is 220. The van der Waals surface area contributed by atoms with Gasteiger partial charge >= 0.3 is 0 Å². The smallest absolute Gasteiger partial charge is 0.127 e. The highest BCUT2D eigenvalue weighted by Crippen LogP contribution is 2.11. The number of hydrogen-bond donors (Lipinski definition) is 1. The van der Waals surface area contributed by atoms with Gasteiger partial charge in [0.25, 0.3) is 0 Å². The van der Waals surface area contributed by atoms with Crippen molar-refractivity contribution in [2.24, 2.45) is 0 Å². The Morgan fingerprint density at radius 1 is 1.42 bits per heavy atom. The first kappa shape index (κ1) is 8.87. The monoisotopic (exact) mass is 166 g/mol. The molecular weight excluding hydrogens is 154 g/mol. The fourth-order valence-electron chi connectivity index (χ4n) is 0.747. The van der Waals surface area contributed by atoms with Crippen molar-refractivity contribution in [3.8, 4) is 5.75 Å². The van der Waals surface area contributed by atoms with Gasteiger partial charge in [0.15, 0.2) is 0 Å². The molecule has 0 aliphatic carbocycles. The van der Waals surface area contributed by atoms with Gasteiger partial charge in [-0.25, -0.2) is 0 Å². The molecule has 65 valence electrons. The van der Waals surface area contributed by atoms with Crippen LogP contribution in [0, 0.1) is 6.07 Å². The summed E-state index contributed by atoms with van der Waals surface area (Å²) in [6, 6.07) is 8.13. The molecule has 0 aliphatic rings. The molecule has 1 rings (SSSR count). The first-order chi connectivity index (χ1) is 5.83. The molecule has 2 N–H and O–H groups in total. The van der Waals surface area contributed by atoms with Gasteiger partial charge in [-0.1, -0.05) is 0 Å². The molecule has 0 spiro atoms. The molecule has 0 fully saturated rings. The summed E-state index contributed by atoms with van der Waals surface area (Å²) in [5, 5.41) is 0. The third-order valence-electron chi connectivity index (χ3n) is 1.35. The zero-order chi connectivity index (χ0) is 8.81. The molecule has 0 aromatic heterocycles. The minimum atomic E-state index is 0.539. The lowest BCUT2D eigenvalue weighted by Gasteiger charge is -2.04. The first-order valence-electron chi connectivity index (χ1n) is 3.72. The summed E-state index contributed by atoms with van der Waals surface area (Å²) < 4.78 is 10.1. The first-order valence-corrected chi connectivity index (χ1v) is 3.72. The normalized spacial score (nSPS) is 9.75. The van der Waals surface area contributed by atoms with E-state index in [4.69, 9.17) is 15.2 Å². The number of benzene rings is 1. The van der Waals surface area contributed by atoms with Gasteiger partial charge < -0.3 is 15.2 Å². The number of nitrogens with two attached hydrogens (primary N) is 1. The van der Waals surface area contributed by atoms with Crippen LogP contribution in [-0.2, 0) is 4.74 Å². The topological polar surface area (TPSA) is 44.5 Å². The second kappa shape index (κ2) is 4.62. The summed E-state index contributed by atoms with van der Waals surface area (Å²) in [5.74, 6) is 0.696. The highest BCUT2D eigenvalue weighted by atomic mass is 16.5. The number of methoxy groups -OCH3 is 1. The van der Waals surface area contributed by atoms with E-state index in [0.717, 1.165) is 0 Å². The Kier molecular flexibility index (Phi) is 3.41. The average Bonchev–Trinajstić information content (AvgIpc) is 2.09. The molecule has 12 heavy (non-hydrogen) atoms. The summed E-state index contributed by atoms with van der Waals surface area (Å²) in [4.78, 5) is 0. The van der Waals surface area contributed by atoms with Crippen molar-refractivity contribution in [1.29, 1.82) is 0 Å². The van der Waals surface area contributed by atoms with E-state index in [-0.39, 0.29) is 0 Å². The maximum Gasteiger partial charge on any atom is 0.127 e. The van der Waals surface area contributed by atoms with Crippen LogP contribution in [0.1, 0.15) is 0 Å². The molecule has 3 heteroatoms. The van der Waals surface area contributed by atoms with Gasteiger partial charge in [-0.2, -0.15) is 0 Å². The van der Waals surface area contributed by atoms with E-state index in [9.17, 15) is 0 Å². The SMILES string of the molecule is COCCOc1[c]cc(N)cc1. The lowest BCUT2D eigenvalue weighted by Crippen LogP contribution is -2.04. The summed E-state index contributed by atoms with van der Waals surface area (Å²) in [5.41, 5.74) is 6.16. The fraction of sp³-hybridized carbons (Fsp3) is 0.333. The quantitative estimate of drug-likeness (QED) is 0.538. The van der Waals surface area contributed by atoms with Crippen LogP contribution in [0.2, 0.25) is 0 Å². The highest BCUT2D eigenvalue weighted by molar-refractivity contribution is 5.40. The van der Waals surface area contributed by atoms with E-state index >= 15 is 0 Å². The maximum absolute atomic E-state index is 5.47. The van der Waals surface area contributed by atoms with E-state index in [1.807, 2.05) is 0 Å². The zero-order valence-electron chi connectivity index (χ0n) is 7.04. The molecule has 0 unspecified atom stereocenters. The van der Waals surface area contributed by atoms with E-state index in [1.165, 1.54) is 0 Å². The average molecular weight is 166 g/mol. The molecule has 0 aliphatic heterocycles. The Morgan fingerprint density at radius 3 is 2.83 bits per heavy atom. The summed E-state index contributed by atoms with van der Waals surface area (Å²) in [6.07, 6.45) is 0. The lowest BCUT2D eigenvalue weighted by atomic mass is 10.3. The molecule has 3 nitrogen and oxygen atoms in total. The second-order valence-corrected chi connectivity index (χ2v) is 2.33. The van der Waals surface area contributed by atoms with Crippen molar-refractivity contribution in [2.75, 3.05) is 26.1 Å². The Labute approximate surface area is 72.1 Å². The molecule has 0 saturated heterocycles. The Balaban J connectivity index is 2.37. The molecule has 1 radical (unpaired) electrons. The molecule has 1 aromatic carbocycles. The van der Waals surface area contributed by atoms with E-state index in [0.29, 0.717) is 24.7 Å². The van der Waals surface area contributed by atoms with Gasteiger partial charge in [-0.15, -0.1) is 0 Å². The van der Waals surface area contributed by atoms with Crippen molar-refractivity contribution in [1.82, 2.24) is 0 Å². The third-order valence-corrected chi connectivity index (χ3v) is 1.35. The van der Waals surface area contributed by atoms with Gasteiger partial charge in [-0.3, -0.25) is 0 Å². The van der Waals surface area contributed by atoms with Crippen molar-refractivity contribution >= 4 is 5.69 Å². The maximum atomic E-state index is 5.47. The van der Waals surface area contributed by atoms with Crippen molar-refractivity contribution in [3.63, 3.8) is 0 Å². The van der Waals surface area contributed by atoms with Crippen LogP contribution in [0.25, 0.3) is 0 Å². The predicted octanol–water partition coefficient (Wildman–Crippen LogP) is 1.09. The molecule has 0 bridgehead atoms. The van der Waals surface area contributed by atoms with Gasteiger partial charge in [0.05, 0.1) is 6.61 Å². The Hall–Kier alpha value is -1.22. The van der Waals surface area contributed by atoms with Gasteiger partial charge in [0.2, 0.25) is 0 Å². The number of anilines is 1. The van der Waals surface area contributed by atoms with Crippen molar-refractivity contribution in [3.05, 3.63) is 24.3 Å². The summed E-state index contributed by atoms with van der Waals surface area (Å²) in [6.45, 7) is 1.12. The van der Waals surface area contributed by atoms with Crippen LogP contribution < -0.4 is 10.5 Å². The van der Waals surface area contributed by atoms with Crippen LogP contribution >= 0.6 is 0 Å². The molecule has 0 saturated carbocycles. The van der Waals surface area contributed by atoms with Gasteiger partial charge in [-0.05, 0) is 18.2 Å². The van der Waals surface area contributed by atoms with Crippen LogP contribution in [0.15, 0.2) is 18.2 Å². The molecule has 0 atom stereocenters. The van der Waals surface area contributed by atoms with Crippen LogP contribution in [0.5, 0.6) is 5.75 Å². The predicted molar refractivity (Wildman–Crippen MR) is 47.1 cm³/mol. The fourth-order valence-corrected chi connectivity index (χ4v) is 0.747. The highest BCUT2D eigenvalue weighted by Gasteiger charge is 1.92. The van der Waals surface area contributed by atoms with Crippen LogP contribution in [0.4, 0.5) is 5.69 Å². The van der Waals surface area contributed by atoms with E-state index < -0.39 is 0 Å². The van der Waals surface area contributed by atoms with Gasteiger partial charge in [0.1, 0.15) is 12.4 Å². The zero-order valence-corrected chi connectivity index (χ0v) is 7.04. The standard InChI is InChI=1S/C9H12NO2/c1-11-6-7-12-9-4-2-8(10)3-5-9/h2-4H,6-7,10H2,1H3. The third kappa shape index (κ3) is 2.80. The minimum absolute atomic E-state index is 0.539. The lowest BCUT2D eigenvalue weighted by molar-refractivity contribution is 0.146. The van der Waals surface area contributed by atoms with Gasteiger partial charge in [0, 0.05) is 18.9 Å². The van der Waals surface area contributed by atoms with Crippen molar-refractivity contribution in [2.45, 2.75) is 0 Å².